The standard InChI is InChI=1S/C21H22ClN3O2/c1-15-2-6-17(7-3-15)20(26)24-19(14-16-4-8-18(22)9-5-16)21(27)25-12-10-23-11-13-25/h2-9,14,23H,10-13H2,1H3,(H,24,26)/b19-14-. The highest BCUT2D eigenvalue weighted by molar-refractivity contribution is 6.30. The molecule has 1 saturated heterocycles. The molecular weight excluding hydrogens is 362 g/mol. The van der Waals surface area contributed by atoms with Crippen LogP contribution >= 0.6 is 11.6 Å². The van der Waals surface area contributed by atoms with Crippen molar-refractivity contribution in [3.8, 4) is 0 Å². The Balaban J connectivity index is 1.86. The number of piperazine rings is 1. The lowest BCUT2D eigenvalue weighted by molar-refractivity contribution is -0.127. The summed E-state index contributed by atoms with van der Waals surface area (Å²) in [7, 11) is 0. The summed E-state index contributed by atoms with van der Waals surface area (Å²) in [5.74, 6) is -0.495. The number of carbonyl (C=O) groups is 2. The summed E-state index contributed by atoms with van der Waals surface area (Å²) in [4.78, 5) is 27.4. The Kier molecular flexibility index (Phi) is 6.27. The Morgan fingerprint density at radius 2 is 1.67 bits per heavy atom. The molecule has 0 radical (unpaired) electrons. The van der Waals surface area contributed by atoms with Gasteiger partial charge in [0, 0.05) is 36.8 Å². The van der Waals surface area contributed by atoms with Crippen molar-refractivity contribution in [2.24, 2.45) is 0 Å². The minimum Gasteiger partial charge on any atom is -0.335 e. The number of nitrogens with one attached hydrogen (secondary N) is 2. The highest BCUT2D eigenvalue weighted by Crippen LogP contribution is 2.14. The summed E-state index contributed by atoms with van der Waals surface area (Å²) in [6, 6.07) is 14.4. The van der Waals surface area contributed by atoms with E-state index in [4.69, 9.17) is 11.6 Å². The van der Waals surface area contributed by atoms with Gasteiger partial charge in [0.1, 0.15) is 5.70 Å². The number of halogens is 1. The normalized spacial score (nSPS) is 14.7. The number of hydrogen-bond donors (Lipinski definition) is 2. The largest absolute Gasteiger partial charge is 0.335 e. The van der Waals surface area contributed by atoms with E-state index >= 15 is 0 Å². The summed E-state index contributed by atoms with van der Waals surface area (Å²) in [6.45, 7) is 4.66. The Hall–Kier alpha value is -2.63. The number of rotatable bonds is 4. The lowest BCUT2D eigenvalue weighted by atomic mass is 10.1. The molecule has 1 heterocycles. The van der Waals surface area contributed by atoms with Gasteiger partial charge in [0.05, 0.1) is 0 Å². The van der Waals surface area contributed by atoms with E-state index in [0.29, 0.717) is 23.7 Å². The second-order valence-electron chi connectivity index (χ2n) is 6.47. The fourth-order valence-electron chi connectivity index (χ4n) is 2.81. The van der Waals surface area contributed by atoms with Crippen LogP contribution in [0.1, 0.15) is 21.5 Å². The van der Waals surface area contributed by atoms with Crippen LogP contribution in [0.15, 0.2) is 54.2 Å². The smallest absolute Gasteiger partial charge is 0.270 e. The topological polar surface area (TPSA) is 61.4 Å². The molecule has 0 spiro atoms. The monoisotopic (exact) mass is 383 g/mol. The molecule has 2 amide bonds. The second-order valence-corrected chi connectivity index (χ2v) is 6.91. The highest BCUT2D eigenvalue weighted by Gasteiger charge is 2.22. The molecule has 2 N–H and O–H groups in total. The van der Waals surface area contributed by atoms with E-state index in [1.54, 1.807) is 35.2 Å². The molecule has 0 bridgehead atoms. The second kappa shape index (κ2) is 8.84. The molecular formula is C21H22ClN3O2. The zero-order chi connectivity index (χ0) is 19.2. The van der Waals surface area contributed by atoms with E-state index in [0.717, 1.165) is 24.2 Å². The summed E-state index contributed by atoms with van der Waals surface area (Å²) in [5, 5.41) is 6.63. The van der Waals surface area contributed by atoms with Crippen molar-refractivity contribution >= 4 is 29.5 Å². The molecule has 1 fully saturated rings. The third-order valence-corrected chi connectivity index (χ3v) is 4.63. The molecule has 0 aromatic heterocycles. The first-order chi connectivity index (χ1) is 13.0. The molecule has 6 heteroatoms. The molecule has 2 aromatic rings. The third kappa shape index (κ3) is 5.18. The van der Waals surface area contributed by atoms with Crippen molar-refractivity contribution in [3.05, 3.63) is 75.9 Å². The molecule has 1 aliphatic rings. The van der Waals surface area contributed by atoms with Crippen molar-refractivity contribution in [2.75, 3.05) is 26.2 Å². The number of carbonyl (C=O) groups excluding carboxylic acids is 2. The molecule has 140 valence electrons. The van der Waals surface area contributed by atoms with Crippen LogP contribution in [0.2, 0.25) is 5.02 Å². The van der Waals surface area contributed by atoms with Crippen molar-refractivity contribution < 1.29 is 9.59 Å². The highest BCUT2D eigenvalue weighted by atomic mass is 35.5. The van der Waals surface area contributed by atoms with Gasteiger partial charge in [-0.15, -0.1) is 0 Å². The molecule has 27 heavy (non-hydrogen) atoms. The van der Waals surface area contributed by atoms with Gasteiger partial charge in [-0.2, -0.15) is 0 Å². The van der Waals surface area contributed by atoms with Crippen molar-refractivity contribution in [2.45, 2.75) is 6.92 Å². The van der Waals surface area contributed by atoms with Gasteiger partial charge in [0.2, 0.25) is 0 Å². The first-order valence-corrected chi connectivity index (χ1v) is 9.26. The molecule has 2 aromatic carbocycles. The van der Waals surface area contributed by atoms with Crippen LogP contribution in [0.5, 0.6) is 0 Å². The van der Waals surface area contributed by atoms with Crippen LogP contribution in [0.3, 0.4) is 0 Å². The maximum atomic E-state index is 13.0. The lowest BCUT2D eigenvalue weighted by Gasteiger charge is -2.28. The first kappa shape index (κ1) is 19.1. The minimum atomic E-state index is -0.307. The minimum absolute atomic E-state index is 0.188. The first-order valence-electron chi connectivity index (χ1n) is 8.88. The van der Waals surface area contributed by atoms with Gasteiger partial charge >= 0.3 is 0 Å². The van der Waals surface area contributed by atoms with Gasteiger partial charge in [-0.3, -0.25) is 9.59 Å². The quantitative estimate of drug-likeness (QED) is 0.798. The van der Waals surface area contributed by atoms with Crippen LogP contribution < -0.4 is 10.6 Å². The van der Waals surface area contributed by atoms with E-state index in [-0.39, 0.29) is 17.5 Å². The van der Waals surface area contributed by atoms with Gasteiger partial charge in [0.25, 0.3) is 11.8 Å². The predicted molar refractivity (Wildman–Crippen MR) is 108 cm³/mol. The number of benzene rings is 2. The summed E-state index contributed by atoms with van der Waals surface area (Å²) >= 11 is 5.94. The van der Waals surface area contributed by atoms with E-state index in [2.05, 4.69) is 10.6 Å². The van der Waals surface area contributed by atoms with Crippen molar-refractivity contribution in [3.63, 3.8) is 0 Å². The molecule has 0 saturated carbocycles. The Bertz CT molecular complexity index is 839. The van der Waals surface area contributed by atoms with E-state index < -0.39 is 0 Å². The van der Waals surface area contributed by atoms with Crippen LogP contribution in [0, 0.1) is 6.92 Å². The van der Waals surface area contributed by atoms with Gasteiger partial charge in [-0.25, -0.2) is 0 Å². The summed E-state index contributed by atoms with van der Waals surface area (Å²) in [5.41, 5.74) is 2.63. The molecule has 0 unspecified atom stereocenters. The number of aryl methyl sites for hydroxylation is 1. The van der Waals surface area contributed by atoms with E-state index in [1.807, 2.05) is 31.2 Å². The van der Waals surface area contributed by atoms with Crippen LogP contribution in [0.25, 0.3) is 6.08 Å². The van der Waals surface area contributed by atoms with Gasteiger partial charge in [-0.05, 0) is 42.8 Å². The van der Waals surface area contributed by atoms with Crippen LogP contribution in [-0.4, -0.2) is 42.9 Å². The van der Waals surface area contributed by atoms with Gasteiger partial charge < -0.3 is 15.5 Å². The maximum absolute atomic E-state index is 13.0. The zero-order valence-corrected chi connectivity index (χ0v) is 15.9. The van der Waals surface area contributed by atoms with Gasteiger partial charge in [0.15, 0.2) is 0 Å². The van der Waals surface area contributed by atoms with E-state index in [9.17, 15) is 9.59 Å². The fraction of sp³-hybridized carbons (Fsp3) is 0.238. The Morgan fingerprint density at radius 3 is 2.30 bits per heavy atom. The third-order valence-electron chi connectivity index (χ3n) is 4.38. The average Bonchev–Trinajstić information content (AvgIpc) is 2.69. The maximum Gasteiger partial charge on any atom is 0.270 e. The Morgan fingerprint density at radius 1 is 1.04 bits per heavy atom. The SMILES string of the molecule is Cc1ccc(C(=O)N/C(=C\c2ccc(Cl)cc2)C(=O)N2CCNCC2)cc1. The van der Waals surface area contributed by atoms with Crippen LogP contribution in [0.4, 0.5) is 0 Å². The molecule has 0 aliphatic carbocycles. The van der Waals surface area contributed by atoms with E-state index in [1.165, 1.54) is 0 Å². The molecule has 3 rings (SSSR count). The van der Waals surface area contributed by atoms with Crippen molar-refractivity contribution in [1.29, 1.82) is 0 Å². The molecule has 0 atom stereocenters. The Labute approximate surface area is 164 Å². The summed E-state index contributed by atoms with van der Waals surface area (Å²) < 4.78 is 0. The lowest BCUT2D eigenvalue weighted by Crippen LogP contribution is -2.48. The van der Waals surface area contributed by atoms with Crippen LogP contribution in [-0.2, 0) is 4.79 Å². The summed E-state index contributed by atoms with van der Waals surface area (Å²) in [6.07, 6.45) is 1.69. The number of amides is 2. The zero-order valence-electron chi connectivity index (χ0n) is 15.2. The molecule has 1 aliphatic heterocycles. The molecule has 5 nitrogen and oxygen atoms in total. The number of nitrogens with zero attached hydrogens (tertiary/aromatic N) is 1. The fourth-order valence-corrected chi connectivity index (χ4v) is 2.94. The van der Waals surface area contributed by atoms with Crippen molar-refractivity contribution in [1.82, 2.24) is 15.5 Å². The van der Waals surface area contributed by atoms with Gasteiger partial charge in [-0.1, -0.05) is 41.4 Å². The number of hydrogen-bond acceptors (Lipinski definition) is 3. The average molecular weight is 384 g/mol. The predicted octanol–water partition coefficient (Wildman–Crippen LogP) is 2.85.